The Morgan fingerprint density at radius 1 is 1.11 bits per heavy atom. The zero-order chi connectivity index (χ0) is 25.1. The van der Waals surface area contributed by atoms with Gasteiger partial charge in [-0.1, -0.05) is 29.5 Å². The second-order valence-electron chi connectivity index (χ2n) is 9.14. The minimum absolute atomic E-state index is 0.0184. The van der Waals surface area contributed by atoms with Crippen LogP contribution in [0.15, 0.2) is 66.2 Å². The van der Waals surface area contributed by atoms with Crippen LogP contribution in [0.2, 0.25) is 0 Å². The summed E-state index contributed by atoms with van der Waals surface area (Å²) in [5.74, 6) is -1.61. The summed E-state index contributed by atoms with van der Waals surface area (Å²) in [5.41, 5.74) is 3.51. The molecule has 1 aromatic heterocycles. The van der Waals surface area contributed by atoms with E-state index < -0.39 is 23.5 Å². The number of carbonyl (C=O) groups is 2. The van der Waals surface area contributed by atoms with Gasteiger partial charge in [0.05, 0.1) is 21.8 Å². The first-order valence-corrected chi connectivity index (χ1v) is 12.4. The number of carbonyl (C=O) groups excluding carboxylic acids is 2. The number of benzene rings is 3. The van der Waals surface area contributed by atoms with Gasteiger partial charge in [-0.05, 0) is 73.0 Å². The quantitative estimate of drug-likeness (QED) is 0.222. The van der Waals surface area contributed by atoms with Crippen LogP contribution < -0.4 is 9.64 Å². The predicted octanol–water partition coefficient (Wildman–Crippen LogP) is 5.69. The molecule has 180 valence electrons. The smallest absolute Gasteiger partial charge is 0.301 e. The number of nitrogens with zero attached hydrogens (tertiary/aromatic N) is 2. The van der Waals surface area contributed by atoms with E-state index in [9.17, 15) is 19.1 Å². The van der Waals surface area contributed by atoms with Crippen LogP contribution in [0, 0.1) is 12.7 Å². The van der Waals surface area contributed by atoms with Crippen molar-refractivity contribution in [3.8, 4) is 5.75 Å². The van der Waals surface area contributed by atoms with Crippen LogP contribution in [0.4, 0.5) is 9.52 Å². The number of halogens is 1. The maximum atomic E-state index is 13.8. The molecule has 2 unspecified atom stereocenters. The number of amides is 1. The molecule has 1 saturated heterocycles. The van der Waals surface area contributed by atoms with E-state index in [1.807, 2.05) is 32.0 Å². The number of hydrogen-bond donors (Lipinski definition) is 1. The lowest BCUT2D eigenvalue weighted by atomic mass is 9.94. The number of aryl methyl sites for hydroxylation is 1. The van der Waals surface area contributed by atoms with Crippen molar-refractivity contribution in [2.75, 3.05) is 4.90 Å². The van der Waals surface area contributed by atoms with Gasteiger partial charge in [0.25, 0.3) is 5.78 Å². The van der Waals surface area contributed by atoms with Crippen LogP contribution in [0.1, 0.15) is 35.2 Å². The second-order valence-corrected chi connectivity index (χ2v) is 10.2. The fourth-order valence-corrected chi connectivity index (χ4v) is 5.93. The molecule has 3 heterocycles. The number of Topliss-reactive ketones (excluding diaryl/α,β-unsaturated/α-hetero) is 1. The van der Waals surface area contributed by atoms with Crippen LogP contribution in [0.5, 0.6) is 5.75 Å². The van der Waals surface area contributed by atoms with Crippen LogP contribution in [-0.2, 0) is 16.0 Å². The van der Waals surface area contributed by atoms with E-state index in [4.69, 9.17) is 4.74 Å². The summed E-state index contributed by atoms with van der Waals surface area (Å²) in [4.78, 5) is 32.7. The third-order valence-corrected chi connectivity index (χ3v) is 7.56. The molecule has 0 radical (unpaired) electrons. The number of aliphatic hydroxyl groups excluding tert-OH is 1. The van der Waals surface area contributed by atoms with Crippen molar-refractivity contribution in [1.82, 2.24) is 4.98 Å². The van der Waals surface area contributed by atoms with Gasteiger partial charge in [-0.2, -0.15) is 0 Å². The largest absolute Gasteiger partial charge is 0.507 e. The van der Waals surface area contributed by atoms with Crippen molar-refractivity contribution in [2.24, 2.45) is 0 Å². The number of anilines is 1. The number of rotatable bonds is 3. The highest BCUT2D eigenvalue weighted by molar-refractivity contribution is 7.22. The van der Waals surface area contributed by atoms with Gasteiger partial charge in [0.2, 0.25) is 0 Å². The molecule has 2 atom stereocenters. The zero-order valence-electron chi connectivity index (χ0n) is 19.5. The monoisotopic (exact) mass is 500 g/mol. The molecular weight excluding hydrogens is 479 g/mol. The minimum atomic E-state index is -0.962. The van der Waals surface area contributed by atoms with E-state index in [0.29, 0.717) is 28.2 Å². The van der Waals surface area contributed by atoms with Crippen molar-refractivity contribution >= 4 is 44.1 Å². The van der Waals surface area contributed by atoms with Gasteiger partial charge in [-0.3, -0.25) is 14.5 Å². The maximum absolute atomic E-state index is 13.8. The standard InChI is InChI=1S/C28H21FN2O4S/c1-14-3-9-20-22(11-14)36-28(30-20)31-24(16-4-7-19(29)8-5-16)23(26(33)27(31)34)25(32)17-6-10-21-18(13-17)12-15(2)35-21/h3-11,13,15,24,32H,12H2,1-2H3. The SMILES string of the molecule is Cc1ccc2nc(N3C(=O)C(=O)C(=C(O)c4ccc5c(c4)CC(C)O5)C3c3ccc(F)cc3)sc2c1. The summed E-state index contributed by atoms with van der Waals surface area (Å²) in [6.07, 6.45) is 0.696. The number of ketones is 1. The number of hydrogen-bond acceptors (Lipinski definition) is 6. The number of aromatic nitrogens is 1. The maximum Gasteiger partial charge on any atom is 0.301 e. The Balaban J connectivity index is 1.53. The van der Waals surface area contributed by atoms with Crippen molar-refractivity contribution in [3.63, 3.8) is 0 Å². The molecule has 0 spiro atoms. The lowest BCUT2D eigenvalue weighted by molar-refractivity contribution is -0.132. The molecule has 2 aliphatic rings. The molecule has 0 aliphatic carbocycles. The molecule has 1 fully saturated rings. The zero-order valence-corrected chi connectivity index (χ0v) is 20.3. The van der Waals surface area contributed by atoms with E-state index >= 15 is 0 Å². The number of ether oxygens (including phenoxy) is 1. The molecule has 3 aromatic carbocycles. The number of aliphatic hydroxyl groups is 1. The van der Waals surface area contributed by atoms with Gasteiger partial charge >= 0.3 is 5.91 Å². The van der Waals surface area contributed by atoms with Crippen LogP contribution in [0.25, 0.3) is 16.0 Å². The van der Waals surface area contributed by atoms with Crippen LogP contribution in [-0.4, -0.2) is 27.9 Å². The molecule has 1 amide bonds. The topological polar surface area (TPSA) is 79.7 Å². The summed E-state index contributed by atoms with van der Waals surface area (Å²) >= 11 is 1.29. The first-order chi connectivity index (χ1) is 17.3. The molecule has 6 nitrogen and oxygen atoms in total. The Labute approximate surface area is 210 Å². The molecule has 0 bridgehead atoms. The minimum Gasteiger partial charge on any atom is -0.507 e. The molecule has 6 rings (SSSR count). The Hall–Kier alpha value is -4.04. The molecular formula is C28H21FN2O4S. The fraction of sp³-hybridized carbons (Fsp3) is 0.179. The third-order valence-electron chi connectivity index (χ3n) is 6.54. The van der Waals surface area contributed by atoms with Crippen LogP contribution >= 0.6 is 11.3 Å². The summed E-state index contributed by atoms with van der Waals surface area (Å²) in [5, 5.41) is 11.7. The Bertz CT molecular complexity index is 1590. The van der Waals surface area contributed by atoms with Gasteiger partial charge < -0.3 is 9.84 Å². The predicted molar refractivity (Wildman–Crippen MR) is 136 cm³/mol. The van der Waals surface area contributed by atoms with E-state index in [1.165, 1.54) is 40.5 Å². The van der Waals surface area contributed by atoms with Gasteiger partial charge in [0.15, 0.2) is 5.13 Å². The van der Waals surface area contributed by atoms with Gasteiger partial charge in [0, 0.05) is 12.0 Å². The summed E-state index contributed by atoms with van der Waals surface area (Å²) in [6.45, 7) is 3.92. The molecule has 2 aliphatic heterocycles. The highest BCUT2D eigenvalue weighted by Crippen LogP contribution is 2.45. The summed E-state index contributed by atoms with van der Waals surface area (Å²) < 4.78 is 20.4. The normalized spacial score (nSPS) is 20.7. The molecule has 4 aromatic rings. The van der Waals surface area contributed by atoms with Crippen molar-refractivity contribution in [2.45, 2.75) is 32.4 Å². The molecule has 36 heavy (non-hydrogen) atoms. The lowest BCUT2D eigenvalue weighted by Crippen LogP contribution is -2.29. The first-order valence-electron chi connectivity index (χ1n) is 11.5. The third kappa shape index (κ3) is 3.56. The number of thiazole rings is 1. The Morgan fingerprint density at radius 3 is 2.67 bits per heavy atom. The molecule has 1 N–H and O–H groups in total. The summed E-state index contributed by atoms with van der Waals surface area (Å²) in [6, 6.07) is 15.6. The second kappa shape index (κ2) is 8.27. The highest BCUT2D eigenvalue weighted by atomic mass is 32.1. The van der Waals surface area contributed by atoms with Crippen molar-refractivity contribution in [1.29, 1.82) is 0 Å². The molecule has 0 saturated carbocycles. The lowest BCUT2D eigenvalue weighted by Gasteiger charge is -2.23. The molecule has 8 heteroatoms. The van der Waals surface area contributed by atoms with E-state index in [2.05, 4.69) is 4.98 Å². The highest BCUT2D eigenvalue weighted by Gasteiger charge is 2.48. The fourth-order valence-electron chi connectivity index (χ4n) is 4.84. The first kappa shape index (κ1) is 22.4. The van der Waals surface area contributed by atoms with Crippen LogP contribution in [0.3, 0.4) is 0 Å². The van der Waals surface area contributed by atoms with E-state index in [-0.39, 0.29) is 17.4 Å². The Kier molecular flexibility index (Phi) is 5.15. The average molecular weight is 501 g/mol. The van der Waals surface area contributed by atoms with Crippen molar-refractivity contribution < 1.29 is 23.8 Å². The van der Waals surface area contributed by atoms with Gasteiger partial charge in [-0.25, -0.2) is 9.37 Å². The van der Waals surface area contributed by atoms with E-state index in [1.54, 1.807) is 18.2 Å². The van der Waals surface area contributed by atoms with Crippen molar-refractivity contribution in [3.05, 3.63) is 94.3 Å². The number of fused-ring (bicyclic) bond motifs is 2. The Morgan fingerprint density at radius 2 is 1.89 bits per heavy atom. The van der Waals surface area contributed by atoms with E-state index in [0.717, 1.165) is 21.6 Å². The summed E-state index contributed by atoms with van der Waals surface area (Å²) in [7, 11) is 0. The average Bonchev–Trinajstić information content (AvgIpc) is 3.51. The van der Waals surface area contributed by atoms with Gasteiger partial charge in [-0.15, -0.1) is 0 Å². The van der Waals surface area contributed by atoms with Gasteiger partial charge in [0.1, 0.15) is 23.4 Å².